The Morgan fingerprint density at radius 2 is 1.93 bits per heavy atom. The lowest BCUT2D eigenvalue weighted by atomic mass is 10.2. The molecule has 1 amide bonds. The Bertz CT molecular complexity index is 788. The normalized spacial score (nSPS) is 20.7. The summed E-state index contributed by atoms with van der Waals surface area (Å²) in [5, 5.41) is 7.65. The first kappa shape index (κ1) is 19.7. The molecular weight excluding hydrogens is 368 g/mol. The lowest BCUT2D eigenvalue weighted by Gasteiger charge is -2.34. The van der Waals surface area contributed by atoms with E-state index in [0.29, 0.717) is 0 Å². The van der Waals surface area contributed by atoms with Gasteiger partial charge in [-0.1, -0.05) is 29.1 Å². The van der Waals surface area contributed by atoms with E-state index in [-0.39, 0.29) is 16.0 Å². The molecule has 0 spiro atoms. The number of nitrogens with one attached hydrogen (secondary N) is 1. The van der Waals surface area contributed by atoms with Gasteiger partial charge in [0.2, 0.25) is 0 Å². The molecule has 0 saturated carbocycles. The van der Waals surface area contributed by atoms with Crippen molar-refractivity contribution in [3.63, 3.8) is 0 Å². The van der Waals surface area contributed by atoms with Gasteiger partial charge in [-0.3, -0.25) is 14.5 Å². The summed E-state index contributed by atoms with van der Waals surface area (Å²) in [5.41, 5.74) is 0.834. The fourth-order valence-electron chi connectivity index (χ4n) is 3.50. The molecule has 1 aromatic carbocycles. The zero-order chi connectivity index (χ0) is 17.9. The van der Waals surface area contributed by atoms with Crippen molar-refractivity contribution in [2.45, 2.75) is 24.6 Å². The van der Waals surface area contributed by atoms with Crippen LogP contribution in [0.25, 0.3) is 11.0 Å². The van der Waals surface area contributed by atoms with Crippen LogP contribution in [0, 0.1) is 0 Å². The van der Waals surface area contributed by atoms with E-state index in [4.69, 9.17) is 4.52 Å². The molecule has 1 aromatic heterocycles. The largest absolute Gasteiger partial charge is 0.412 e. The third-order valence-corrected chi connectivity index (χ3v) is 5.99. The number of carbonyl (C=O) groups is 2. The van der Waals surface area contributed by atoms with Gasteiger partial charge in [0.15, 0.2) is 11.4 Å². The van der Waals surface area contributed by atoms with Gasteiger partial charge in [-0.25, -0.2) is 0 Å². The van der Waals surface area contributed by atoms with E-state index >= 15 is 0 Å². The van der Waals surface area contributed by atoms with Crippen LogP contribution in [-0.4, -0.2) is 64.7 Å². The van der Waals surface area contributed by atoms with Crippen LogP contribution in [0.1, 0.15) is 19.3 Å². The Kier molecular flexibility index (Phi) is 6.35. The van der Waals surface area contributed by atoms with Crippen LogP contribution in [-0.2, 0) is 9.59 Å². The molecule has 2 saturated heterocycles. The van der Waals surface area contributed by atoms with Gasteiger partial charge >= 0.3 is 0 Å². The minimum atomic E-state index is -0.448. The van der Waals surface area contributed by atoms with E-state index in [9.17, 15) is 9.59 Å². The first-order valence-electron chi connectivity index (χ1n) is 9.04. The van der Waals surface area contributed by atoms with Crippen molar-refractivity contribution in [1.82, 2.24) is 15.4 Å². The second kappa shape index (κ2) is 8.73. The second-order valence-electron chi connectivity index (χ2n) is 6.69. The number of hydrogen-bond donors (Lipinski definition) is 1. The van der Waals surface area contributed by atoms with Crippen LogP contribution < -0.4 is 10.2 Å². The molecule has 3 heterocycles. The Hall–Kier alpha value is -2.10. The van der Waals surface area contributed by atoms with E-state index in [1.165, 1.54) is 0 Å². The highest BCUT2D eigenvalue weighted by Crippen LogP contribution is 2.26. The predicted octanol–water partition coefficient (Wildman–Crippen LogP) is 1.01. The number of amides is 1. The molecule has 3 N–H and O–H groups in total. The fraction of sp³-hybridized carbons (Fsp3) is 0.500. The molecule has 2 aliphatic rings. The number of anilines is 1. The van der Waals surface area contributed by atoms with Gasteiger partial charge < -0.3 is 20.2 Å². The van der Waals surface area contributed by atoms with Crippen molar-refractivity contribution in [1.29, 1.82) is 0 Å². The van der Waals surface area contributed by atoms with E-state index in [1.54, 1.807) is 0 Å². The molecule has 4 rings (SSSR count). The van der Waals surface area contributed by atoms with Gasteiger partial charge in [0, 0.05) is 26.2 Å². The minimum Gasteiger partial charge on any atom is -0.412 e. The number of para-hydroxylation sites is 1. The van der Waals surface area contributed by atoms with Crippen LogP contribution in [0.2, 0.25) is 0 Å². The second-order valence-corrected chi connectivity index (χ2v) is 7.87. The van der Waals surface area contributed by atoms with Crippen molar-refractivity contribution in [3.8, 4) is 0 Å². The van der Waals surface area contributed by atoms with Crippen molar-refractivity contribution >= 4 is 39.6 Å². The number of unbranched alkanes of at least 4 members (excludes halogenated alkanes) is 1. The Labute approximate surface area is 161 Å². The van der Waals surface area contributed by atoms with Gasteiger partial charge in [-0.05, 0) is 37.9 Å². The topological polar surface area (TPSA) is 110 Å². The van der Waals surface area contributed by atoms with Crippen molar-refractivity contribution in [2.75, 3.05) is 37.6 Å². The molecule has 1 unspecified atom stereocenters. The van der Waals surface area contributed by atoms with Gasteiger partial charge in [0.1, 0.15) is 0 Å². The van der Waals surface area contributed by atoms with Crippen molar-refractivity contribution < 1.29 is 19.6 Å². The summed E-state index contributed by atoms with van der Waals surface area (Å²) >= 11 is 1.12. The number of carbonyl (C=O) groups excluding carboxylic acids is 2. The molecule has 9 heteroatoms. The number of rotatable bonds is 6. The number of hydrogen-bond acceptors (Lipinski definition) is 7. The summed E-state index contributed by atoms with van der Waals surface area (Å²) in [6, 6.07) is 7.97. The Morgan fingerprint density at radius 1 is 1.15 bits per heavy atom. The van der Waals surface area contributed by atoms with Crippen molar-refractivity contribution in [2.24, 2.45) is 0 Å². The third-order valence-electron chi connectivity index (χ3n) is 4.95. The molecular formula is C18H24N4O4S. The molecule has 0 aliphatic carbocycles. The number of thioether (sulfide) groups is 1. The van der Waals surface area contributed by atoms with Gasteiger partial charge in [-0.15, -0.1) is 0 Å². The molecule has 2 aliphatic heterocycles. The number of aromatic nitrogens is 1. The van der Waals surface area contributed by atoms with Crippen LogP contribution in [0.5, 0.6) is 0 Å². The summed E-state index contributed by atoms with van der Waals surface area (Å²) in [4.78, 5) is 27.1. The highest BCUT2D eigenvalue weighted by molar-refractivity contribution is 8.16. The summed E-state index contributed by atoms with van der Waals surface area (Å²) in [5.74, 6) is 0.496. The average molecular weight is 392 g/mol. The van der Waals surface area contributed by atoms with Crippen LogP contribution in [0.15, 0.2) is 28.8 Å². The van der Waals surface area contributed by atoms with E-state index in [1.807, 2.05) is 18.2 Å². The molecule has 2 aromatic rings. The van der Waals surface area contributed by atoms with Gasteiger partial charge in [0.05, 0.1) is 10.8 Å². The SMILES string of the molecule is O.O=C1NC(CCCCN2CCN(c3noc4ccccc34)CC2)SC1=O. The lowest BCUT2D eigenvalue weighted by Crippen LogP contribution is -2.46. The molecule has 2 fully saturated rings. The molecule has 1 atom stereocenters. The van der Waals surface area contributed by atoms with Crippen molar-refractivity contribution in [3.05, 3.63) is 24.3 Å². The summed E-state index contributed by atoms with van der Waals surface area (Å²) in [6.45, 7) is 4.95. The summed E-state index contributed by atoms with van der Waals surface area (Å²) in [7, 11) is 0. The molecule has 0 radical (unpaired) electrons. The molecule has 27 heavy (non-hydrogen) atoms. The van der Waals surface area contributed by atoms with Crippen LogP contribution in [0.3, 0.4) is 0 Å². The van der Waals surface area contributed by atoms with E-state index < -0.39 is 5.91 Å². The van der Waals surface area contributed by atoms with E-state index in [2.05, 4.69) is 26.3 Å². The average Bonchev–Trinajstić information content (AvgIpc) is 3.23. The third kappa shape index (κ3) is 4.42. The monoisotopic (exact) mass is 392 g/mol. The maximum absolute atomic E-state index is 11.2. The zero-order valence-electron chi connectivity index (χ0n) is 15.0. The maximum atomic E-state index is 11.2. The first-order valence-corrected chi connectivity index (χ1v) is 9.92. The Balaban J connectivity index is 0.00000210. The summed E-state index contributed by atoms with van der Waals surface area (Å²) in [6.07, 6.45) is 2.94. The molecule has 146 valence electrons. The van der Waals surface area contributed by atoms with Gasteiger partial charge in [0.25, 0.3) is 11.0 Å². The highest BCUT2D eigenvalue weighted by atomic mass is 32.2. The van der Waals surface area contributed by atoms with Crippen LogP contribution >= 0.6 is 11.8 Å². The maximum Gasteiger partial charge on any atom is 0.299 e. The Morgan fingerprint density at radius 3 is 2.67 bits per heavy atom. The summed E-state index contributed by atoms with van der Waals surface area (Å²) < 4.78 is 5.41. The number of piperazine rings is 1. The van der Waals surface area contributed by atoms with Gasteiger partial charge in [-0.2, -0.15) is 0 Å². The number of fused-ring (bicyclic) bond motifs is 1. The molecule has 8 nitrogen and oxygen atoms in total. The van der Waals surface area contributed by atoms with Crippen LogP contribution in [0.4, 0.5) is 5.82 Å². The highest BCUT2D eigenvalue weighted by Gasteiger charge is 2.30. The zero-order valence-corrected chi connectivity index (χ0v) is 15.8. The first-order chi connectivity index (χ1) is 12.7. The quantitative estimate of drug-likeness (QED) is 0.577. The number of nitrogens with zero attached hydrogens (tertiary/aromatic N) is 3. The van der Waals surface area contributed by atoms with E-state index in [0.717, 1.165) is 80.5 Å². The smallest absolute Gasteiger partial charge is 0.299 e. The number of benzene rings is 1. The predicted molar refractivity (Wildman–Crippen MR) is 105 cm³/mol. The fourth-order valence-corrected chi connectivity index (χ4v) is 4.37. The lowest BCUT2D eigenvalue weighted by molar-refractivity contribution is -0.132. The minimum absolute atomic E-state index is 0. The standard InChI is InChI=1S/C18H22N4O3S.H2O/c23-17-18(24)26-15(19-17)7-3-4-8-21-9-11-22(12-10-21)16-13-5-1-2-6-14(13)25-20-16;/h1-2,5-6,15H,3-4,7-12H2,(H,19,23);1H2. The molecule has 0 bridgehead atoms.